The van der Waals surface area contributed by atoms with Crippen LogP contribution in [0, 0.1) is 5.92 Å². The third-order valence-electron chi connectivity index (χ3n) is 4.79. The number of ether oxygens (including phenoxy) is 1. The molecule has 146 valence electrons. The van der Waals surface area contributed by atoms with E-state index in [2.05, 4.69) is 35.1 Å². The Bertz CT molecular complexity index is 971. The molecule has 1 saturated carbocycles. The van der Waals surface area contributed by atoms with Crippen molar-refractivity contribution in [3.05, 3.63) is 71.2 Å². The number of rotatable bonds is 7. The fourth-order valence-corrected chi connectivity index (χ4v) is 3.24. The van der Waals surface area contributed by atoms with E-state index in [0.29, 0.717) is 11.6 Å². The Balaban J connectivity index is 1.89. The summed E-state index contributed by atoms with van der Waals surface area (Å²) in [5.41, 5.74) is 7.84. The smallest absolute Gasteiger partial charge is 0.358 e. The van der Waals surface area contributed by atoms with Crippen molar-refractivity contribution in [2.24, 2.45) is 16.6 Å². The molecular weight excluding hydrogens is 374 g/mol. The maximum Gasteiger partial charge on any atom is 0.358 e. The van der Waals surface area contributed by atoms with Gasteiger partial charge >= 0.3 is 5.97 Å². The molecule has 0 saturated heterocycles. The molecule has 0 heterocycles. The average molecular weight is 398 g/mol. The first-order valence-electron chi connectivity index (χ1n) is 9.18. The lowest BCUT2D eigenvalue weighted by Crippen LogP contribution is -2.28. The first-order chi connectivity index (χ1) is 13.4. The largest absolute Gasteiger partial charge is 0.464 e. The molecule has 1 aliphatic carbocycles. The summed E-state index contributed by atoms with van der Waals surface area (Å²) < 4.78 is 4.82. The zero-order valence-corrected chi connectivity index (χ0v) is 16.8. The van der Waals surface area contributed by atoms with Gasteiger partial charge in [0, 0.05) is 11.6 Å². The van der Waals surface area contributed by atoms with Crippen LogP contribution in [0.2, 0.25) is 0 Å². The summed E-state index contributed by atoms with van der Waals surface area (Å²) in [6.45, 7) is 5.90. The summed E-state index contributed by atoms with van der Waals surface area (Å²) in [6, 6.07) is 14.1. The lowest BCUT2D eigenvalue weighted by Gasteiger charge is -2.19. The lowest BCUT2D eigenvalue weighted by atomic mass is 10.00. The number of halogens is 1. The molecule has 5 nitrogen and oxygen atoms in total. The number of carbonyl (C=O) groups is 1. The van der Waals surface area contributed by atoms with Crippen molar-refractivity contribution in [1.29, 1.82) is 0 Å². The minimum Gasteiger partial charge on any atom is -0.464 e. The fourth-order valence-electron chi connectivity index (χ4n) is 3.06. The highest BCUT2D eigenvalue weighted by atomic mass is 35.5. The minimum atomic E-state index is -0.644. The van der Waals surface area contributed by atoms with Gasteiger partial charge in [0.2, 0.25) is 0 Å². The molecule has 0 aliphatic heterocycles. The Morgan fingerprint density at radius 1 is 1.29 bits per heavy atom. The van der Waals surface area contributed by atoms with E-state index in [0.717, 1.165) is 29.2 Å². The maximum absolute atomic E-state index is 12.2. The predicted molar refractivity (Wildman–Crippen MR) is 114 cm³/mol. The number of aliphatic imine (C=N–C) groups is 1. The second-order valence-electron chi connectivity index (χ2n) is 6.88. The van der Waals surface area contributed by atoms with E-state index >= 15 is 0 Å². The highest BCUT2D eigenvalue weighted by Gasteiger charge is 2.27. The quantitative estimate of drug-likeness (QED) is 0.536. The van der Waals surface area contributed by atoms with Gasteiger partial charge < -0.3 is 15.8 Å². The van der Waals surface area contributed by atoms with E-state index in [1.807, 2.05) is 31.2 Å². The van der Waals surface area contributed by atoms with Crippen molar-refractivity contribution in [1.82, 2.24) is 5.32 Å². The van der Waals surface area contributed by atoms with Crippen LogP contribution in [0.1, 0.15) is 31.4 Å². The van der Waals surface area contributed by atoms with E-state index in [-0.39, 0.29) is 22.6 Å². The van der Waals surface area contributed by atoms with Crippen LogP contribution in [0.4, 0.5) is 0 Å². The summed E-state index contributed by atoms with van der Waals surface area (Å²) in [4.78, 5) is 16.5. The number of hydrogen-bond donors (Lipinski definition) is 2. The number of hydrogen-bond acceptors (Lipinski definition) is 5. The molecular formula is C22H24ClN3O2. The van der Waals surface area contributed by atoms with E-state index < -0.39 is 5.97 Å². The van der Waals surface area contributed by atoms with Gasteiger partial charge in [0.1, 0.15) is 10.9 Å². The minimum absolute atomic E-state index is 0.0285. The topological polar surface area (TPSA) is 76.7 Å². The zero-order chi connectivity index (χ0) is 20.3. The summed E-state index contributed by atoms with van der Waals surface area (Å²) in [5, 5.41) is 5.46. The molecule has 1 aliphatic rings. The van der Waals surface area contributed by atoms with Gasteiger partial charge in [-0.15, -0.1) is 0 Å². The number of fused-ring (bicyclic) bond motifs is 1. The first-order valence-corrected chi connectivity index (χ1v) is 9.55. The summed E-state index contributed by atoms with van der Waals surface area (Å²) >= 11 is 6.41. The SMILES string of the molecule is C=C(/N=C(C(=O)OC)\C(Cl)=C(/N)N[C@H](C)c1cccc2ccccc12)C1CC1. The Morgan fingerprint density at radius 2 is 1.96 bits per heavy atom. The summed E-state index contributed by atoms with van der Waals surface area (Å²) in [5.74, 6) is -0.183. The average Bonchev–Trinajstić information content (AvgIpc) is 3.55. The first kappa shape index (κ1) is 20.0. The molecule has 28 heavy (non-hydrogen) atoms. The number of benzene rings is 2. The number of allylic oxidation sites excluding steroid dienone is 1. The van der Waals surface area contributed by atoms with Gasteiger partial charge in [-0.3, -0.25) is 0 Å². The van der Waals surface area contributed by atoms with E-state index in [1.54, 1.807) is 0 Å². The monoisotopic (exact) mass is 397 g/mol. The van der Waals surface area contributed by atoms with Crippen LogP contribution in [0.3, 0.4) is 0 Å². The van der Waals surface area contributed by atoms with Crippen molar-refractivity contribution in [3.63, 3.8) is 0 Å². The number of esters is 1. The van der Waals surface area contributed by atoms with Crippen molar-refractivity contribution in [2.45, 2.75) is 25.8 Å². The van der Waals surface area contributed by atoms with E-state index in [9.17, 15) is 4.79 Å². The molecule has 0 aromatic heterocycles. The van der Waals surface area contributed by atoms with Gasteiger partial charge in [0.05, 0.1) is 13.2 Å². The van der Waals surface area contributed by atoms with Crippen molar-refractivity contribution >= 4 is 34.1 Å². The van der Waals surface area contributed by atoms with Crippen molar-refractivity contribution in [2.75, 3.05) is 7.11 Å². The standard InChI is InChI=1S/C22H24ClN3O2/c1-13(15-11-12-15)25-20(22(27)28-3)19(23)21(24)26-14(2)17-10-6-8-16-7-4-5-9-18(16)17/h4-10,14-15,26H,1,11-12,24H2,2-3H3/b21-19-,25-20+/t14-/m1/s1. The molecule has 2 aromatic carbocycles. The Labute approximate surface area is 169 Å². The maximum atomic E-state index is 12.2. The molecule has 2 aromatic rings. The highest BCUT2D eigenvalue weighted by molar-refractivity contribution is 6.58. The van der Waals surface area contributed by atoms with Gasteiger partial charge in [0.15, 0.2) is 5.71 Å². The second kappa shape index (κ2) is 8.48. The van der Waals surface area contributed by atoms with Crippen LogP contribution in [-0.4, -0.2) is 18.8 Å². The third kappa shape index (κ3) is 4.37. The van der Waals surface area contributed by atoms with Crippen LogP contribution < -0.4 is 11.1 Å². The predicted octanol–water partition coefficient (Wildman–Crippen LogP) is 4.39. The molecule has 1 atom stereocenters. The summed E-state index contributed by atoms with van der Waals surface area (Å²) in [7, 11) is 1.28. The molecule has 3 rings (SSSR count). The molecule has 1 fully saturated rings. The second-order valence-corrected chi connectivity index (χ2v) is 7.26. The molecule has 0 radical (unpaired) electrons. The normalized spacial score (nSPS) is 16.3. The number of nitrogens with two attached hydrogens (primary N) is 1. The Kier molecular flexibility index (Phi) is 6.05. The molecule has 0 spiro atoms. The number of nitrogens with one attached hydrogen (secondary N) is 1. The third-order valence-corrected chi connectivity index (χ3v) is 5.17. The fraction of sp³-hybridized carbons (Fsp3) is 0.273. The number of carbonyl (C=O) groups excluding carboxylic acids is 1. The molecule has 0 amide bonds. The van der Waals surface area contributed by atoms with Crippen LogP contribution in [0.5, 0.6) is 0 Å². The number of nitrogens with zero attached hydrogens (tertiary/aromatic N) is 1. The van der Waals surface area contributed by atoms with Gasteiger partial charge in [-0.05, 0) is 36.1 Å². The van der Waals surface area contributed by atoms with Gasteiger partial charge in [-0.1, -0.05) is 60.6 Å². The van der Waals surface area contributed by atoms with Crippen LogP contribution in [0.25, 0.3) is 10.8 Å². The lowest BCUT2D eigenvalue weighted by molar-refractivity contribution is -0.132. The van der Waals surface area contributed by atoms with Crippen LogP contribution in [0.15, 0.2) is 70.6 Å². The Morgan fingerprint density at radius 3 is 2.64 bits per heavy atom. The molecule has 3 N–H and O–H groups in total. The van der Waals surface area contributed by atoms with E-state index in [1.165, 1.54) is 7.11 Å². The molecule has 0 unspecified atom stereocenters. The zero-order valence-electron chi connectivity index (χ0n) is 16.0. The van der Waals surface area contributed by atoms with Crippen molar-refractivity contribution < 1.29 is 9.53 Å². The van der Waals surface area contributed by atoms with Gasteiger partial charge in [-0.25, -0.2) is 9.79 Å². The molecule has 6 heteroatoms. The van der Waals surface area contributed by atoms with Crippen LogP contribution >= 0.6 is 11.6 Å². The van der Waals surface area contributed by atoms with Crippen LogP contribution in [-0.2, 0) is 9.53 Å². The molecule has 0 bridgehead atoms. The van der Waals surface area contributed by atoms with Gasteiger partial charge in [0.25, 0.3) is 0 Å². The Hall–Kier alpha value is -2.79. The summed E-state index contributed by atoms with van der Waals surface area (Å²) in [6.07, 6.45) is 2.04. The van der Waals surface area contributed by atoms with Gasteiger partial charge in [-0.2, -0.15) is 0 Å². The highest BCUT2D eigenvalue weighted by Crippen LogP contribution is 2.36. The number of methoxy groups -OCH3 is 1. The van der Waals surface area contributed by atoms with E-state index in [4.69, 9.17) is 22.1 Å². The van der Waals surface area contributed by atoms with Crippen molar-refractivity contribution in [3.8, 4) is 0 Å².